The zero-order chi connectivity index (χ0) is 14.5. The standard InChI is InChI=1S/C18H28N2O/c1-2-15-7-3-4-8-16(15)19-17-9-5-6-10-18(17)20-11-13-21-14-12-20/h5-6,9-10,15-16,19H,2-4,7-8,11-14H2,1H3. The van der Waals surface area contributed by atoms with Crippen LogP contribution in [0.2, 0.25) is 0 Å². The highest BCUT2D eigenvalue weighted by Crippen LogP contribution is 2.33. The van der Waals surface area contributed by atoms with Crippen molar-refractivity contribution < 1.29 is 4.74 Å². The summed E-state index contributed by atoms with van der Waals surface area (Å²) in [5.41, 5.74) is 2.66. The molecule has 1 saturated heterocycles. The molecular weight excluding hydrogens is 260 g/mol. The van der Waals surface area contributed by atoms with Crippen molar-refractivity contribution in [2.75, 3.05) is 36.5 Å². The van der Waals surface area contributed by atoms with Gasteiger partial charge in [0.25, 0.3) is 0 Å². The molecule has 0 spiro atoms. The molecule has 1 aromatic carbocycles. The van der Waals surface area contributed by atoms with Crippen LogP contribution in [0, 0.1) is 5.92 Å². The molecule has 1 heterocycles. The van der Waals surface area contributed by atoms with E-state index in [0.717, 1.165) is 32.2 Å². The van der Waals surface area contributed by atoms with E-state index >= 15 is 0 Å². The van der Waals surface area contributed by atoms with Gasteiger partial charge < -0.3 is 15.0 Å². The second-order valence-electron chi connectivity index (χ2n) is 6.32. The van der Waals surface area contributed by atoms with E-state index in [0.29, 0.717) is 6.04 Å². The molecule has 3 heteroatoms. The zero-order valence-corrected chi connectivity index (χ0v) is 13.2. The number of hydrogen-bond acceptors (Lipinski definition) is 3. The smallest absolute Gasteiger partial charge is 0.0642 e. The summed E-state index contributed by atoms with van der Waals surface area (Å²) in [6.45, 7) is 6.02. The molecule has 1 saturated carbocycles. The molecule has 0 aromatic heterocycles. The Hall–Kier alpha value is -1.22. The Morgan fingerprint density at radius 3 is 2.71 bits per heavy atom. The Balaban J connectivity index is 1.75. The number of hydrogen-bond donors (Lipinski definition) is 1. The molecule has 1 aromatic rings. The van der Waals surface area contributed by atoms with Gasteiger partial charge in [-0.25, -0.2) is 0 Å². The predicted molar refractivity (Wildman–Crippen MR) is 89.1 cm³/mol. The molecule has 3 nitrogen and oxygen atoms in total. The van der Waals surface area contributed by atoms with E-state index in [1.807, 2.05) is 0 Å². The minimum absolute atomic E-state index is 0.644. The van der Waals surface area contributed by atoms with Gasteiger partial charge in [0.05, 0.1) is 24.6 Å². The summed E-state index contributed by atoms with van der Waals surface area (Å²) < 4.78 is 5.48. The van der Waals surface area contributed by atoms with Crippen LogP contribution in [0.5, 0.6) is 0 Å². The Labute approximate surface area is 128 Å². The van der Waals surface area contributed by atoms with Gasteiger partial charge in [-0.05, 0) is 30.9 Å². The third-order valence-corrected chi connectivity index (χ3v) is 5.03. The van der Waals surface area contributed by atoms with E-state index in [1.165, 1.54) is 43.5 Å². The van der Waals surface area contributed by atoms with Gasteiger partial charge in [0, 0.05) is 19.1 Å². The van der Waals surface area contributed by atoms with Crippen molar-refractivity contribution in [2.45, 2.75) is 45.1 Å². The number of para-hydroxylation sites is 2. The molecule has 116 valence electrons. The van der Waals surface area contributed by atoms with Crippen molar-refractivity contribution in [1.82, 2.24) is 0 Å². The SMILES string of the molecule is CCC1CCCCC1Nc1ccccc1N1CCOCC1. The van der Waals surface area contributed by atoms with Gasteiger partial charge in [-0.2, -0.15) is 0 Å². The summed E-state index contributed by atoms with van der Waals surface area (Å²) in [5.74, 6) is 0.830. The van der Waals surface area contributed by atoms with Crippen LogP contribution in [-0.4, -0.2) is 32.3 Å². The summed E-state index contributed by atoms with van der Waals surface area (Å²) in [6, 6.07) is 9.43. The quantitative estimate of drug-likeness (QED) is 0.909. The summed E-state index contributed by atoms with van der Waals surface area (Å²) >= 11 is 0. The van der Waals surface area contributed by atoms with Gasteiger partial charge in [0.1, 0.15) is 0 Å². The first-order chi connectivity index (χ1) is 10.4. The van der Waals surface area contributed by atoms with Gasteiger partial charge in [-0.3, -0.25) is 0 Å². The van der Waals surface area contributed by atoms with Crippen LogP contribution in [0.1, 0.15) is 39.0 Å². The van der Waals surface area contributed by atoms with Crippen molar-refractivity contribution in [1.29, 1.82) is 0 Å². The molecule has 2 unspecified atom stereocenters. The second kappa shape index (κ2) is 7.17. The normalized spacial score (nSPS) is 26.6. The molecule has 2 atom stereocenters. The first kappa shape index (κ1) is 14.7. The number of benzene rings is 1. The van der Waals surface area contributed by atoms with Gasteiger partial charge in [-0.1, -0.05) is 38.3 Å². The maximum absolute atomic E-state index is 5.48. The van der Waals surface area contributed by atoms with Crippen LogP contribution in [0.15, 0.2) is 24.3 Å². The molecule has 1 aliphatic carbocycles. The highest BCUT2D eigenvalue weighted by atomic mass is 16.5. The number of nitrogens with one attached hydrogen (secondary N) is 1. The molecule has 0 bridgehead atoms. The van der Waals surface area contributed by atoms with Crippen LogP contribution in [0.3, 0.4) is 0 Å². The minimum atomic E-state index is 0.644. The minimum Gasteiger partial charge on any atom is -0.380 e. The fourth-order valence-corrected chi connectivity index (χ4v) is 3.76. The first-order valence-electron chi connectivity index (χ1n) is 8.56. The van der Waals surface area contributed by atoms with Crippen LogP contribution < -0.4 is 10.2 Å². The average molecular weight is 288 g/mol. The molecule has 21 heavy (non-hydrogen) atoms. The fraction of sp³-hybridized carbons (Fsp3) is 0.667. The fourth-order valence-electron chi connectivity index (χ4n) is 3.76. The van der Waals surface area contributed by atoms with Crippen LogP contribution in [-0.2, 0) is 4.74 Å². The number of morpholine rings is 1. The van der Waals surface area contributed by atoms with Crippen molar-refractivity contribution in [3.63, 3.8) is 0 Å². The Bertz CT molecular complexity index is 443. The summed E-state index contributed by atoms with van der Waals surface area (Å²) in [7, 11) is 0. The zero-order valence-electron chi connectivity index (χ0n) is 13.2. The van der Waals surface area contributed by atoms with Crippen molar-refractivity contribution >= 4 is 11.4 Å². The highest BCUT2D eigenvalue weighted by molar-refractivity contribution is 5.70. The molecule has 1 N–H and O–H groups in total. The summed E-state index contributed by atoms with van der Waals surface area (Å²) in [6.07, 6.45) is 6.76. The molecule has 2 aliphatic rings. The second-order valence-corrected chi connectivity index (χ2v) is 6.32. The lowest BCUT2D eigenvalue weighted by Gasteiger charge is -2.35. The lowest BCUT2D eigenvalue weighted by Crippen LogP contribution is -2.37. The first-order valence-corrected chi connectivity index (χ1v) is 8.56. The van der Waals surface area contributed by atoms with Crippen LogP contribution in [0.25, 0.3) is 0 Å². The summed E-state index contributed by atoms with van der Waals surface area (Å²) in [4.78, 5) is 2.45. The molecular formula is C18H28N2O. The molecule has 2 fully saturated rings. The maximum atomic E-state index is 5.48. The van der Waals surface area contributed by atoms with Gasteiger partial charge in [0.15, 0.2) is 0 Å². The van der Waals surface area contributed by atoms with E-state index in [9.17, 15) is 0 Å². The van der Waals surface area contributed by atoms with E-state index in [1.54, 1.807) is 0 Å². The highest BCUT2D eigenvalue weighted by Gasteiger charge is 2.24. The maximum Gasteiger partial charge on any atom is 0.0642 e. The summed E-state index contributed by atoms with van der Waals surface area (Å²) in [5, 5.41) is 3.87. The third-order valence-electron chi connectivity index (χ3n) is 5.03. The van der Waals surface area contributed by atoms with Crippen LogP contribution >= 0.6 is 0 Å². The molecule has 0 radical (unpaired) electrons. The van der Waals surface area contributed by atoms with E-state index in [-0.39, 0.29) is 0 Å². The average Bonchev–Trinajstić information content (AvgIpc) is 2.57. The third kappa shape index (κ3) is 3.52. The lowest BCUT2D eigenvalue weighted by molar-refractivity contribution is 0.123. The topological polar surface area (TPSA) is 24.5 Å². The van der Waals surface area contributed by atoms with E-state index in [4.69, 9.17) is 4.74 Å². The number of ether oxygens (including phenoxy) is 1. The van der Waals surface area contributed by atoms with Crippen molar-refractivity contribution in [3.8, 4) is 0 Å². The Morgan fingerprint density at radius 2 is 1.90 bits per heavy atom. The number of anilines is 2. The van der Waals surface area contributed by atoms with Crippen LogP contribution in [0.4, 0.5) is 11.4 Å². The molecule has 0 amide bonds. The molecule has 3 rings (SSSR count). The van der Waals surface area contributed by atoms with E-state index < -0.39 is 0 Å². The predicted octanol–water partition coefficient (Wildman–Crippen LogP) is 3.90. The molecule has 1 aliphatic heterocycles. The van der Waals surface area contributed by atoms with Crippen molar-refractivity contribution in [2.24, 2.45) is 5.92 Å². The van der Waals surface area contributed by atoms with Crippen molar-refractivity contribution in [3.05, 3.63) is 24.3 Å². The Kier molecular flexibility index (Phi) is 5.02. The largest absolute Gasteiger partial charge is 0.380 e. The van der Waals surface area contributed by atoms with Gasteiger partial charge in [-0.15, -0.1) is 0 Å². The van der Waals surface area contributed by atoms with E-state index in [2.05, 4.69) is 41.4 Å². The number of nitrogens with zero attached hydrogens (tertiary/aromatic N) is 1. The lowest BCUT2D eigenvalue weighted by atomic mass is 9.82. The monoisotopic (exact) mass is 288 g/mol. The Morgan fingerprint density at radius 1 is 1.14 bits per heavy atom. The number of rotatable bonds is 4. The van der Waals surface area contributed by atoms with Gasteiger partial charge >= 0.3 is 0 Å². The van der Waals surface area contributed by atoms with Gasteiger partial charge in [0.2, 0.25) is 0 Å².